The van der Waals surface area contributed by atoms with Gasteiger partial charge in [0.05, 0.1) is 11.6 Å². The van der Waals surface area contributed by atoms with Gasteiger partial charge >= 0.3 is 0 Å². The van der Waals surface area contributed by atoms with Crippen LogP contribution in [0.25, 0.3) is 0 Å². The Balaban J connectivity index is 2.45. The molecule has 1 rings (SSSR count). The van der Waals surface area contributed by atoms with E-state index in [9.17, 15) is 4.39 Å². The molecule has 1 aromatic rings. The fourth-order valence-electron chi connectivity index (χ4n) is 1.19. The average Bonchev–Trinajstić information content (AvgIpc) is 2.28. The molecule has 0 atom stereocenters. The van der Waals surface area contributed by atoms with Gasteiger partial charge in [-0.15, -0.1) is 6.58 Å². The van der Waals surface area contributed by atoms with Crippen LogP contribution in [0.2, 0.25) is 0 Å². The van der Waals surface area contributed by atoms with E-state index in [-0.39, 0.29) is 5.82 Å². The number of nitrogens with one attached hydrogen (secondary N) is 1. The monoisotopic (exact) mass is 236 g/mol. The lowest BCUT2D eigenvalue weighted by atomic mass is 10.2. The molecule has 4 heteroatoms. The highest BCUT2D eigenvalue weighted by molar-refractivity contribution is 7.99. The molecule has 0 aliphatic heterocycles. The standard InChI is InChI=1S/C12H13FN2S/c1-2-4-16-5-3-15-12-7-10(9-14)6-11(13)8-12/h2,6-8,15H,1,3-5H2. The molecule has 1 N–H and O–H groups in total. The van der Waals surface area contributed by atoms with Gasteiger partial charge in [0.2, 0.25) is 0 Å². The van der Waals surface area contributed by atoms with Crippen molar-refractivity contribution in [3.8, 4) is 6.07 Å². The van der Waals surface area contributed by atoms with E-state index in [4.69, 9.17) is 5.26 Å². The van der Waals surface area contributed by atoms with E-state index in [0.29, 0.717) is 11.3 Å². The van der Waals surface area contributed by atoms with E-state index in [2.05, 4.69) is 11.9 Å². The maximum atomic E-state index is 13.0. The number of nitrogens with zero attached hydrogens (tertiary/aromatic N) is 1. The fraction of sp³-hybridized carbons (Fsp3) is 0.250. The Hall–Kier alpha value is -1.47. The smallest absolute Gasteiger partial charge is 0.126 e. The van der Waals surface area contributed by atoms with Gasteiger partial charge < -0.3 is 5.32 Å². The first-order chi connectivity index (χ1) is 7.76. The van der Waals surface area contributed by atoms with Crippen molar-refractivity contribution in [3.63, 3.8) is 0 Å². The second-order valence-electron chi connectivity index (χ2n) is 3.13. The molecular weight excluding hydrogens is 223 g/mol. The molecule has 0 aliphatic carbocycles. The molecule has 1 aromatic carbocycles. The molecule has 2 nitrogen and oxygen atoms in total. The largest absolute Gasteiger partial charge is 0.384 e. The minimum atomic E-state index is -0.389. The maximum absolute atomic E-state index is 13.0. The first-order valence-corrected chi connectivity index (χ1v) is 6.05. The number of benzene rings is 1. The number of nitriles is 1. The molecule has 0 unspecified atom stereocenters. The lowest BCUT2D eigenvalue weighted by Crippen LogP contribution is -2.04. The highest BCUT2D eigenvalue weighted by atomic mass is 32.2. The summed E-state index contributed by atoms with van der Waals surface area (Å²) in [5.74, 6) is 1.44. The predicted molar refractivity (Wildman–Crippen MR) is 67.1 cm³/mol. The summed E-state index contributed by atoms with van der Waals surface area (Å²) in [5.41, 5.74) is 0.983. The molecule has 16 heavy (non-hydrogen) atoms. The number of thioether (sulfide) groups is 1. The topological polar surface area (TPSA) is 35.8 Å². The lowest BCUT2D eigenvalue weighted by Gasteiger charge is -2.06. The molecule has 84 valence electrons. The summed E-state index contributed by atoms with van der Waals surface area (Å²) in [6.07, 6.45) is 1.85. The first-order valence-electron chi connectivity index (χ1n) is 4.89. The van der Waals surface area contributed by atoms with Crippen molar-refractivity contribution < 1.29 is 4.39 Å². The molecule has 0 fully saturated rings. The zero-order chi connectivity index (χ0) is 11.8. The van der Waals surface area contributed by atoms with Gasteiger partial charge in [0.15, 0.2) is 0 Å². The van der Waals surface area contributed by atoms with Crippen molar-refractivity contribution >= 4 is 17.4 Å². The van der Waals surface area contributed by atoms with Gasteiger partial charge in [0.1, 0.15) is 5.82 Å². The van der Waals surface area contributed by atoms with Gasteiger partial charge in [0, 0.05) is 23.7 Å². The number of rotatable bonds is 6. The second kappa shape index (κ2) is 6.91. The lowest BCUT2D eigenvalue weighted by molar-refractivity contribution is 0.628. The molecule has 0 saturated heterocycles. The molecule has 0 aliphatic rings. The quantitative estimate of drug-likeness (QED) is 0.609. The third-order valence-corrected chi connectivity index (χ3v) is 2.80. The summed E-state index contributed by atoms with van der Waals surface area (Å²) in [6, 6.07) is 6.17. The Bertz CT molecular complexity index is 398. The third-order valence-electron chi connectivity index (χ3n) is 1.84. The van der Waals surface area contributed by atoms with Crippen LogP contribution in [0.5, 0.6) is 0 Å². The number of anilines is 1. The van der Waals surface area contributed by atoms with Crippen LogP contribution in [0, 0.1) is 17.1 Å². The van der Waals surface area contributed by atoms with Crippen LogP contribution < -0.4 is 5.32 Å². The van der Waals surface area contributed by atoms with E-state index in [1.54, 1.807) is 17.8 Å². The molecule has 0 spiro atoms. The normalized spacial score (nSPS) is 9.50. The second-order valence-corrected chi connectivity index (χ2v) is 4.28. The van der Waals surface area contributed by atoms with Crippen LogP contribution in [0.3, 0.4) is 0 Å². The van der Waals surface area contributed by atoms with Crippen LogP contribution >= 0.6 is 11.8 Å². The van der Waals surface area contributed by atoms with Gasteiger partial charge in [-0.3, -0.25) is 0 Å². The molecule has 0 bridgehead atoms. The molecule has 0 amide bonds. The highest BCUT2D eigenvalue weighted by Crippen LogP contribution is 2.13. The summed E-state index contributed by atoms with van der Waals surface area (Å²) in [6.45, 7) is 4.37. The summed E-state index contributed by atoms with van der Waals surface area (Å²) >= 11 is 1.75. The molecular formula is C12H13FN2S. The number of hydrogen-bond donors (Lipinski definition) is 1. The van der Waals surface area contributed by atoms with Crippen molar-refractivity contribution in [3.05, 3.63) is 42.2 Å². The maximum Gasteiger partial charge on any atom is 0.126 e. The van der Waals surface area contributed by atoms with Crippen LogP contribution in [-0.2, 0) is 0 Å². The number of halogens is 1. The minimum Gasteiger partial charge on any atom is -0.384 e. The molecule has 0 saturated carbocycles. The Morgan fingerprint density at radius 3 is 3.00 bits per heavy atom. The van der Waals surface area contributed by atoms with Gasteiger partial charge in [-0.25, -0.2) is 4.39 Å². The predicted octanol–water partition coefficient (Wildman–Crippen LogP) is 3.03. The van der Waals surface area contributed by atoms with Crippen LogP contribution in [0.4, 0.5) is 10.1 Å². The fourth-order valence-corrected chi connectivity index (χ4v) is 1.77. The number of hydrogen-bond acceptors (Lipinski definition) is 3. The average molecular weight is 236 g/mol. The van der Waals surface area contributed by atoms with E-state index in [0.717, 1.165) is 18.1 Å². The molecule has 0 aromatic heterocycles. The summed E-state index contributed by atoms with van der Waals surface area (Å²) in [4.78, 5) is 0. The van der Waals surface area contributed by atoms with Crippen LogP contribution in [-0.4, -0.2) is 18.1 Å². The van der Waals surface area contributed by atoms with E-state index in [1.807, 2.05) is 12.1 Å². The van der Waals surface area contributed by atoms with E-state index < -0.39 is 0 Å². The van der Waals surface area contributed by atoms with Crippen molar-refractivity contribution in [1.29, 1.82) is 5.26 Å². The highest BCUT2D eigenvalue weighted by Gasteiger charge is 1.99. The van der Waals surface area contributed by atoms with Crippen LogP contribution in [0.15, 0.2) is 30.9 Å². The molecule has 0 radical (unpaired) electrons. The minimum absolute atomic E-state index is 0.334. The van der Waals surface area contributed by atoms with Gasteiger partial charge in [-0.1, -0.05) is 6.08 Å². The van der Waals surface area contributed by atoms with Crippen molar-refractivity contribution in [1.82, 2.24) is 0 Å². The zero-order valence-electron chi connectivity index (χ0n) is 8.87. The van der Waals surface area contributed by atoms with Gasteiger partial charge in [0.25, 0.3) is 0 Å². The Kier molecular flexibility index (Phi) is 5.44. The zero-order valence-corrected chi connectivity index (χ0v) is 9.69. The summed E-state index contributed by atoms with van der Waals surface area (Å²) in [5, 5.41) is 11.7. The summed E-state index contributed by atoms with van der Waals surface area (Å²) < 4.78 is 13.0. The van der Waals surface area contributed by atoms with Crippen molar-refractivity contribution in [2.24, 2.45) is 0 Å². The Morgan fingerprint density at radius 2 is 2.31 bits per heavy atom. The molecule has 0 heterocycles. The summed E-state index contributed by atoms with van der Waals surface area (Å²) in [7, 11) is 0. The first kappa shape index (κ1) is 12.6. The van der Waals surface area contributed by atoms with Gasteiger partial charge in [-0.2, -0.15) is 17.0 Å². The Labute approximate surface area is 99.2 Å². The third kappa shape index (κ3) is 4.37. The van der Waals surface area contributed by atoms with E-state index in [1.165, 1.54) is 12.1 Å². The van der Waals surface area contributed by atoms with E-state index >= 15 is 0 Å². The van der Waals surface area contributed by atoms with Gasteiger partial charge in [-0.05, 0) is 18.2 Å². The van der Waals surface area contributed by atoms with Crippen LogP contribution in [0.1, 0.15) is 5.56 Å². The van der Waals surface area contributed by atoms with Crippen molar-refractivity contribution in [2.75, 3.05) is 23.4 Å². The van der Waals surface area contributed by atoms with Crippen molar-refractivity contribution in [2.45, 2.75) is 0 Å². The Morgan fingerprint density at radius 1 is 1.50 bits per heavy atom. The SMILES string of the molecule is C=CCSCCNc1cc(F)cc(C#N)c1.